The molecule has 0 aliphatic heterocycles. The predicted octanol–water partition coefficient (Wildman–Crippen LogP) is 1.01. The number of aryl methyl sites for hydroxylation is 1. The number of aliphatic hydroxyl groups excluding tert-OH is 1. The molecule has 2 aromatic rings. The number of hydrogen-bond donors (Lipinski definition) is 3. The van der Waals surface area contributed by atoms with Gasteiger partial charge >= 0.3 is 17.3 Å². The second-order valence-corrected chi connectivity index (χ2v) is 6.89. The van der Waals surface area contributed by atoms with E-state index in [0.29, 0.717) is 5.69 Å². The topological polar surface area (TPSA) is 124 Å². The Balaban J connectivity index is 2.46. The number of carbonyl (C=O) groups is 1. The molecule has 0 aliphatic carbocycles. The summed E-state index contributed by atoms with van der Waals surface area (Å²) in [6.45, 7) is 1.57. The minimum atomic E-state index is -1.07. The molecule has 152 valence electrons. The minimum Gasteiger partial charge on any atom is -0.399 e. The molecule has 0 aliphatic rings. The van der Waals surface area contributed by atoms with Gasteiger partial charge in [-0.3, -0.25) is 18.8 Å². The van der Waals surface area contributed by atoms with Crippen LogP contribution in [0.2, 0.25) is 0 Å². The number of nitrogens with one attached hydrogen (secondary N) is 2. The number of carbonyl (C=O) groups excluding carboxylic acids is 1. The van der Waals surface area contributed by atoms with E-state index in [1.54, 1.807) is 6.07 Å². The van der Waals surface area contributed by atoms with Crippen molar-refractivity contribution in [2.24, 2.45) is 14.1 Å². The molecule has 0 atom stereocenters. The van der Waals surface area contributed by atoms with Crippen molar-refractivity contribution in [1.29, 1.82) is 0 Å². The van der Waals surface area contributed by atoms with E-state index in [9.17, 15) is 14.4 Å². The van der Waals surface area contributed by atoms with Gasteiger partial charge in [0.2, 0.25) is 5.75 Å². The van der Waals surface area contributed by atoms with Gasteiger partial charge in [-0.05, 0) is 52.8 Å². The van der Waals surface area contributed by atoms with Gasteiger partial charge in [-0.2, -0.15) is 5.48 Å². The molecular weight excluding hydrogens is 483 g/mol. The smallest absolute Gasteiger partial charge is 0.399 e. The second-order valence-electron chi connectivity index (χ2n) is 5.73. The van der Waals surface area contributed by atoms with Gasteiger partial charge in [-0.25, -0.2) is 9.59 Å². The van der Waals surface area contributed by atoms with Crippen LogP contribution in [0.4, 0.5) is 16.3 Å². The number of halogens is 1. The van der Waals surface area contributed by atoms with Crippen molar-refractivity contribution in [1.82, 2.24) is 14.6 Å². The summed E-state index contributed by atoms with van der Waals surface area (Å²) in [7, 11) is 2.73. The fourth-order valence-corrected chi connectivity index (χ4v) is 3.09. The predicted molar refractivity (Wildman–Crippen MR) is 111 cm³/mol. The highest BCUT2D eigenvalue weighted by Crippen LogP contribution is 2.25. The number of nitrogens with zero attached hydrogens (tertiary/aromatic N) is 2. The Morgan fingerprint density at radius 2 is 1.96 bits per heavy atom. The van der Waals surface area contributed by atoms with Crippen molar-refractivity contribution in [3.05, 3.63) is 48.2 Å². The lowest BCUT2D eigenvalue weighted by Gasteiger charge is -2.17. The van der Waals surface area contributed by atoms with Gasteiger partial charge in [0.05, 0.1) is 13.2 Å². The molecule has 0 radical (unpaired) electrons. The number of hydroxylamine groups is 1. The Hall–Kier alpha value is -2.38. The van der Waals surface area contributed by atoms with Crippen LogP contribution in [0, 0.1) is 3.57 Å². The Bertz CT molecular complexity index is 985. The van der Waals surface area contributed by atoms with Crippen LogP contribution in [-0.4, -0.2) is 33.5 Å². The highest BCUT2D eigenvalue weighted by Gasteiger charge is 2.20. The van der Waals surface area contributed by atoms with E-state index in [1.807, 2.05) is 24.5 Å². The number of aliphatic hydroxyl groups is 1. The number of hydrogen-bond acceptors (Lipinski definition) is 7. The highest BCUT2D eigenvalue weighted by atomic mass is 127. The largest absolute Gasteiger partial charge is 0.437 e. The van der Waals surface area contributed by atoms with E-state index < -0.39 is 17.3 Å². The van der Waals surface area contributed by atoms with Gasteiger partial charge in [0.15, 0.2) is 5.82 Å². The van der Waals surface area contributed by atoms with Crippen LogP contribution in [0.3, 0.4) is 0 Å². The molecule has 0 unspecified atom stereocenters. The van der Waals surface area contributed by atoms with Gasteiger partial charge in [0.25, 0.3) is 0 Å². The molecule has 1 heterocycles. The molecule has 0 spiro atoms. The van der Waals surface area contributed by atoms with Crippen LogP contribution in [0.1, 0.15) is 12.5 Å². The fourth-order valence-electron chi connectivity index (χ4n) is 2.38. The van der Waals surface area contributed by atoms with E-state index in [0.717, 1.165) is 20.1 Å². The summed E-state index contributed by atoms with van der Waals surface area (Å²) in [4.78, 5) is 41.4. The monoisotopic (exact) mass is 504 g/mol. The fraction of sp³-hybridized carbons (Fsp3) is 0.353. The Labute approximate surface area is 174 Å². The first-order chi connectivity index (χ1) is 13.3. The quantitative estimate of drug-likeness (QED) is 0.292. The minimum absolute atomic E-state index is 0.0219. The van der Waals surface area contributed by atoms with Gasteiger partial charge in [0, 0.05) is 23.4 Å². The molecule has 28 heavy (non-hydrogen) atoms. The lowest BCUT2D eigenvalue weighted by molar-refractivity contribution is 0.0244. The molecule has 1 amide bonds. The number of aromatic nitrogens is 2. The van der Waals surface area contributed by atoms with Crippen molar-refractivity contribution < 1.29 is 19.5 Å². The van der Waals surface area contributed by atoms with E-state index >= 15 is 0 Å². The number of benzene rings is 1. The van der Waals surface area contributed by atoms with Crippen molar-refractivity contribution in [3.8, 4) is 5.75 Å². The molecule has 0 fully saturated rings. The molecule has 1 aromatic carbocycles. The number of ether oxygens (including phenoxy) is 1. The zero-order valence-electron chi connectivity index (χ0n) is 15.6. The maximum atomic E-state index is 12.5. The molecule has 10 nitrogen and oxygen atoms in total. The summed E-state index contributed by atoms with van der Waals surface area (Å²) in [5.41, 5.74) is 2.28. The number of anilines is 2. The highest BCUT2D eigenvalue weighted by molar-refractivity contribution is 14.1. The average molecular weight is 504 g/mol. The SMILES string of the molecule is CCc1cc(Nc2c(OC(=O)NOCCO)c(=O)n(C)c(=O)n2C)ccc1I. The third-order valence-corrected chi connectivity index (χ3v) is 4.91. The summed E-state index contributed by atoms with van der Waals surface area (Å²) < 4.78 is 8.16. The molecule has 0 saturated heterocycles. The van der Waals surface area contributed by atoms with Gasteiger partial charge in [-0.15, -0.1) is 0 Å². The van der Waals surface area contributed by atoms with Crippen LogP contribution in [0.25, 0.3) is 0 Å². The van der Waals surface area contributed by atoms with E-state index in [2.05, 4.69) is 32.7 Å². The first kappa shape index (κ1) is 21.9. The first-order valence-electron chi connectivity index (χ1n) is 8.36. The third-order valence-electron chi connectivity index (χ3n) is 3.86. The molecule has 1 aromatic heterocycles. The number of rotatable bonds is 7. The lowest BCUT2D eigenvalue weighted by Crippen LogP contribution is -2.40. The van der Waals surface area contributed by atoms with E-state index in [1.165, 1.54) is 18.7 Å². The third kappa shape index (κ3) is 4.91. The zero-order valence-corrected chi connectivity index (χ0v) is 17.8. The molecule has 2 rings (SSSR count). The van der Waals surface area contributed by atoms with Crippen LogP contribution in [-0.2, 0) is 25.4 Å². The maximum absolute atomic E-state index is 12.5. The molecular formula is C17H21IN4O6. The van der Waals surface area contributed by atoms with E-state index in [4.69, 9.17) is 9.84 Å². The summed E-state index contributed by atoms with van der Waals surface area (Å²) in [5.74, 6) is -0.347. The summed E-state index contributed by atoms with van der Waals surface area (Å²) >= 11 is 2.22. The van der Waals surface area contributed by atoms with Gasteiger partial charge in [-0.1, -0.05) is 6.92 Å². The van der Waals surface area contributed by atoms with Crippen LogP contribution in [0.15, 0.2) is 27.8 Å². The van der Waals surface area contributed by atoms with Crippen molar-refractivity contribution in [2.75, 3.05) is 18.5 Å². The zero-order chi connectivity index (χ0) is 20.8. The van der Waals surface area contributed by atoms with E-state index in [-0.39, 0.29) is 24.8 Å². The van der Waals surface area contributed by atoms with Crippen molar-refractivity contribution in [3.63, 3.8) is 0 Å². The summed E-state index contributed by atoms with van der Waals surface area (Å²) in [6.07, 6.45) is -0.263. The van der Waals surface area contributed by atoms with Crippen LogP contribution >= 0.6 is 22.6 Å². The van der Waals surface area contributed by atoms with Crippen molar-refractivity contribution in [2.45, 2.75) is 13.3 Å². The van der Waals surface area contributed by atoms with Gasteiger partial charge in [0.1, 0.15) is 0 Å². The summed E-state index contributed by atoms with van der Waals surface area (Å²) in [5, 5.41) is 11.7. The number of amides is 1. The molecule has 0 saturated carbocycles. The molecule has 11 heteroatoms. The normalized spacial score (nSPS) is 10.6. The Morgan fingerprint density at radius 3 is 2.61 bits per heavy atom. The average Bonchev–Trinajstić information content (AvgIpc) is 2.68. The molecule has 3 N–H and O–H groups in total. The maximum Gasteiger partial charge on any atom is 0.437 e. The lowest BCUT2D eigenvalue weighted by atomic mass is 10.1. The standard InChI is InChI=1S/C17H21IN4O6/c1-4-10-9-11(5-6-12(10)18)19-14-13(28-16(25)20-27-8-7-23)15(24)22(3)17(26)21(14)2/h5-6,9,19,23H,4,7-8H2,1-3H3,(H,20,25). The van der Waals surface area contributed by atoms with Crippen molar-refractivity contribution >= 4 is 40.2 Å². The molecule has 0 bridgehead atoms. The summed E-state index contributed by atoms with van der Waals surface area (Å²) in [6, 6.07) is 5.58. The second kappa shape index (κ2) is 9.71. The Morgan fingerprint density at radius 1 is 1.25 bits per heavy atom. The first-order valence-corrected chi connectivity index (χ1v) is 9.43. The Kier molecular flexibility index (Phi) is 7.60. The van der Waals surface area contributed by atoms with Crippen LogP contribution in [0.5, 0.6) is 5.75 Å². The van der Waals surface area contributed by atoms with Gasteiger partial charge < -0.3 is 15.2 Å². The van der Waals surface area contributed by atoms with Crippen LogP contribution < -0.4 is 26.8 Å².